The Morgan fingerprint density at radius 2 is 1.74 bits per heavy atom. The molecule has 1 aliphatic heterocycles. The maximum absolute atomic E-state index is 12.5. The summed E-state index contributed by atoms with van der Waals surface area (Å²) in [6.45, 7) is 5.96. The number of hydrogen-bond donors (Lipinski definition) is 2. The van der Waals surface area contributed by atoms with Gasteiger partial charge in [0.05, 0.1) is 19.8 Å². The van der Waals surface area contributed by atoms with Gasteiger partial charge in [0.15, 0.2) is 5.79 Å². The highest BCUT2D eigenvalue weighted by Crippen LogP contribution is 2.35. The summed E-state index contributed by atoms with van der Waals surface area (Å²) < 4.78 is 11.5. The molecule has 0 unspecified atom stereocenters. The van der Waals surface area contributed by atoms with Crippen LogP contribution in [0.1, 0.15) is 57.9 Å². The molecule has 2 fully saturated rings. The standard InChI is InChI=1S/C21H31ClN2O3/c1-3-20(4-2,16-5-7-17(22)8-6-16)23-15-19(25)24-18-9-11-21(12-10-18)26-13-14-27-21/h5-8,18,23H,3-4,9-15H2,1-2H3,(H,24,25). The molecule has 1 spiro atoms. The fourth-order valence-electron chi connectivity index (χ4n) is 4.30. The summed E-state index contributed by atoms with van der Waals surface area (Å²) in [6.07, 6.45) is 5.30. The molecule has 0 aromatic heterocycles. The molecule has 1 saturated carbocycles. The Balaban J connectivity index is 1.51. The summed E-state index contributed by atoms with van der Waals surface area (Å²) in [5.41, 5.74) is 0.948. The first-order valence-corrected chi connectivity index (χ1v) is 10.5. The second-order valence-electron chi connectivity index (χ2n) is 7.60. The lowest BCUT2D eigenvalue weighted by molar-refractivity contribution is -0.180. The van der Waals surface area contributed by atoms with Crippen LogP contribution in [0, 0.1) is 0 Å². The molecule has 1 aromatic carbocycles. The zero-order valence-corrected chi connectivity index (χ0v) is 17.1. The van der Waals surface area contributed by atoms with Crippen LogP contribution in [0.2, 0.25) is 5.02 Å². The molecule has 3 rings (SSSR count). The van der Waals surface area contributed by atoms with E-state index in [1.807, 2.05) is 24.3 Å². The molecule has 0 atom stereocenters. The third-order valence-electron chi connectivity index (χ3n) is 6.12. The fraction of sp³-hybridized carbons (Fsp3) is 0.667. The first-order chi connectivity index (χ1) is 13.0. The SMILES string of the molecule is CCC(CC)(NCC(=O)NC1CCC2(CC1)OCCO2)c1ccc(Cl)cc1. The maximum Gasteiger partial charge on any atom is 0.234 e. The Morgan fingerprint density at radius 3 is 2.30 bits per heavy atom. The first-order valence-electron chi connectivity index (χ1n) is 10.1. The van der Waals surface area contributed by atoms with Crippen molar-refractivity contribution in [1.29, 1.82) is 0 Å². The van der Waals surface area contributed by atoms with Crippen LogP contribution < -0.4 is 10.6 Å². The van der Waals surface area contributed by atoms with Gasteiger partial charge in [-0.05, 0) is 43.4 Å². The molecule has 0 radical (unpaired) electrons. The summed E-state index contributed by atoms with van der Waals surface area (Å²) in [5, 5.41) is 7.40. The monoisotopic (exact) mass is 394 g/mol. The van der Waals surface area contributed by atoms with Crippen molar-refractivity contribution in [3.8, 4) is 0 Å². The van der Waals surface area contributed by atoms with E-state index < -0.39 is 0 Å². The summed E-state index contributed by atoms with van der Waals surface area (Å²) in [6, 6.07) is 8.10. The zero-order chi connectivity index (χ0) is 19.3. The van der Waals surface area contributed by atoms with Crippen LogP contribution in [0.3, 0.4) is 0 Å². The van der Waals surface area contributed by atoms with Gasteiger partial charge >= 0.3 is 0 Å². The van der Waals surface area contributed by atoms with Crippen LogP contribution in [0.15, 0.2) is 24.3 Å². The van der Waals surface area contributed by atoms with Crippen molar-refractivity contribution < 1.29 is 14.3 Å². The lowest BCUT2D eigenvalue weighted by Gasteiger charge is -2.36. The predicted molar refractivity (Wildman–Crippen MR) is 107 cm³/mol. The van der Waals surface area contributed by atoms with Crippen LogP contribution in [0.5, 0.6) is 0 Å². The Kier molecular flexibility index (Phi) is 6.79. The van der Waals surface area contributed by atoms with Gasteiger partial charge in [-0.2, -0.15) is 0 Å². The highest BCUT2D eigenvalue weighted by Gasteiger charge is 2.40. The van der Waals surface area contributed by atoms with Gasteiger partial charge in [-0.25, -0.2) is 0 Å². The third kappa shape index (κ3) is 4.83. The Bertz CT molecular complexity index is 615. The van der Waals surface area contributed by atoms with Gasteiger partial charge in [-0.1, -0.05) is 37.6 Å². The molecule has 1 aromatic rings. The molecule has 0 bridgehead atoms. The van der Waals surface area contributed by atoms with E-state index in [0.29, 0.717) is 19.8 Å². The average Bonchev–Trinajstić information content (AvgIpc) is 3.14. The average molecular weight is 395 g/mol. The minimum atomic E-state index is -0.381. The van der Waals surface area contributed by atoms with E-state index in [9.17, 15) is 4.79 Å². The van der Waals surface area contributed by atoms with E-state index in [1.165, 1.54) is 5.56 Å². The topological polar surface area (TPSA) is 59.6 Å². The number of carbonyl (C=O) groups is 1. The molecule has 150 valence electrons. The molecular weight excluding hydrogens is 364 g/mol. The van der Waals surface area contributed by atoms with E-state index in [1.54, 1.807) is 0 Å². The number of ether oxygens (including phenoxy) is 2. The van der Waals surface area contributed by atoms with Gasteiger partial charge in [0.2, 0.25) is 5.91 Å². The lowest BCUT2D eigenvalue weighted by Crippen LogP contribution is -2.50. The first kappa shape index (κ1) is 20.6. The summed E-state index contributed by atoms with van der Waals surface area (Å²) in [4.78, 5) is 12.5. The van der Waals surface area contributed by atoms with Crippen molar-refractivity contribution >= 4 is 17.5 Å². The minimum absolute atomic E-state index is 0.0458. The predicted octanol–water partition coefficient (Wildman–Crippen LogP) is 3.75. The molecule has 27 heavy (non-hydrogen) atoms. The molecule has 1 aliphatic carbocycles. The highest BCUT2D eigenvalue weighted by molar-refractivity contribution is 6.30. The molecule has 2 aliphatic rings. The number of benzene rings is 1. The number of hydrogen-bond acceptors (Lipinski definition) is 4. The minimum Gasteiger partial charge on any atom is -0.352 e. The second kappa shape index (κ2) is 8.91. The molecular formula is C21H31ClN2O3. The zero-order valence-electron chi connectivity index (χ0n) is 16.4. The van der Waals surface area contributed by atoms with Gasteiger partial charge in [-0.15, -0.1) is 0 Å². The van der Waals surface area contributed by atoms with Crippen molar-refractivity contribution in [3.63, 3.8) is 0 Å². The van der Waals surface area contributed by atoms with Crippen LogP contribution in [0.4, 0.5) is 0 Å². The molecule has 1 heterocycles. The molecule has 6 heteroatoms. The number of rotatable bonds is 7. The van der Waals surface area contributed by atoms with Crippen molar-refractivity contribution in [1.82, 2.24) is 10.6 Å². The van der Waals surface area contributed by atoms with Crippen LogP contribution >= 0.6 is 11.6 Å². The van der Waals surface area contributed by atoms with Crippen LogP contribution in [0.25, 0.3) is 0 Å². The van der Waals surface area contributed by atoms with Crippen molar-refractivity contribution in [2.45, 2.75) is 69.7 Å². The Hall–Kier alpha value is -1.14. The van der Waals surface area contributed by atoms with Gasteiger partial charge in [0, 0.05) is 29.4 Å². The molecule has 5 nitrogen and oxygen atoms in total. The molecule has 2 N–H and O–H groups in total. The van der Waals surface area contributed by atoms with E-state index in [0.717, 1.165) is 43.5 Å². The van der Waals surface area contributed by atoms with Crippen LogP contribution in [-0.4, -0.2) is 37.5 Å². The highest BCUT2D eigenvalue weighted by atomic mass is 35.5. The number of amides is 1. The third-order valence-corrected chi connectivity index (χ3v) is 6.37. The number of carbonyl (C=O) groups excluding carboxylic acids is 1. The number of halogens is 1. The van der Waals surface area contributed by atoms with Gasteiger partial charge in [-0.3, -0.25) is 10.1 Å². The second-order valence-corrected chi connectivity index (χ2v) is 8.04. The van der Waals surface area contributed by atoms with E-state index in [-0.39, 0.29) is 23.3 Å². The summed E-state index contributed by atoms with van der Waals surface area (Å²) in [5.74, 6) is -0.336. The van der Waals surface area contributed by atoms with Gasteiger partial charge < -0.3 is 14.8 Å². The lowest BCUT2D eigenvalue weighted by atomic mass is 9.84. The van der Waals surface area contributed by atoms with E-state index >= 15 is 0 Å². The van der Waals surface area contributed by atoms with Gasteiger partial charge in [0.25, 0.3) is 0 Å². The van der Waals surface area contributed by atoms with Gasteiger partial charge in [0.1, 0.15) is 0 Å². The molecule has 1 amide bonds. The molecule has 1 saturated heterocycles. The van der Waals surface area contributed by atoms with Crippen molar-refractivity contribution in [3.05, 3.63) is 34.9 Å². The van der Waals surface area contributed by atoms with Crippen molar-refractivity contribution in [2.75, 3.05) is 19.8 Å². The maximum atomic E-state index is 12.5. The van der Waals surface area contributed by atoms with E-state index in [2.05, 4.69) is 24.5 Å². The summed E-state index contributed by atoms with van der Waals surface area (Å²) in [7, 11) is 0. The summed E-state index contributed by atoms with van der Waals surface area (Å²) >= 11 is 6.03. The normalized spacial score (nSPS) is 20.1. The van der Waals surface area contributed by atoms with E-state index in [4.69, 9.17) is 21.1 Å². The quantitative estimate of drug-likeness (QED) is 0.739. The van der Waals surface area contributed by atoms with Crippen LogP contribution in [-0.2, 0) is 19.8 Å². The Morgan fingerprint density at radius 1 is 1.15 bits per heavy atom. The number of nitrogens with one attached hydrogen (secondary N) is 2. The smallest absolute Gasteiger partial charge is 0.234 e. The largest absolute Gasteiger partial charge is 0.352 e. The fourth-order valence-corrected chi connectivity index (χ4v) is 4.42. The van der Waals surface area contributed by atoms with Crippen molar-refractivity contribution in [2.24, 2.45) is 0 Å². The Labute approximate surface area is 167 Å².